The average molecular weight is 256 g/mol. The Kier molecular flexibility index (Phi) is 3.13. The molecule has 0 spiro atoms. The fourth-order valence-electron chi connectivity index (χ4n) is 2.42. The molecule has 1 nitrogen and oxygen atoms in total. The average Bonchev–Trinajstić information content (AvgIpc) is 2.58. The molecule has 0 saturated carbocycles. The van der Waals surface area contributed by atoms with Crippen LogP contribution in [0.25, 0.3) is 0 Å². The normalized spacial score (nSPS) is 23.9. The second-order valence-corrected chi connectivity index (χ2v) is 4.98. The molecule has 4 heteroatoms. The molecule has 1 aliphatic rings. The van der Waals surface area contributed by atoms with Gasteiger partial charge in [0.05, 0.1) is 0 Å². The smallest absolute Gasteiger partial charge is 0.406 e. The fraction of sp³-hybridized carbons (Fsp3) is 0.429. The summed E-state index contributed by atoms with van der Waals surface area (Å²) in [5.74, 6) is -0.154. The quantitative estimate of drug-likeness (QED) is 0.703. The number of rotatable bonds is 2. The zero-order valence-corrected chi connectivity index (χ0v) is 10.3. The second kappa shape index (κ2) is 4.34. The number of ether oxygens (including phenoxy) is 1. The largest absolute Gasteiger partial charge is 0.573 e. The first-order chi connectivity index (χ1) is 8.28. The van der Waals surface area contributed by atoms with E-state index in [1.165, 1.54) is 17.7 Å². The minimum atomic E-state index is -4.64. The monoisotopic (exact) mass is 256 g/mol. The van der Waals surface area contributed by atoms with Crippen molar-refractivity contribution in [2.75, 3.05) is 0 Å². The molecular weight excluding hydrogens is 241 g/mol. The van der Waals surface area contributed by atoms with Crippen molar-refractivity contribution >= 4 is 0 Å². The van der Waals surface area contributed by atoms with Gasteiger partial charge in [-0.1, -0.05) is 30.7 Å². The summed E-state index contributed by atoms with van der Waals surface area (Å²) in [5.41, 5.74) is 1.95. The van der Waals surface area contributed by atoms with Gasteiger partial charge in [-0.15, -0.1) is 13.2 Å². The molecule has 1 aliphatic carbocycles. The predicted molar refractivity (Wildman–Crippen MR) is 63.5 cm³/mol. The summed E-state index contributed by atoms with van der Waals surface area (Å²) in [6.07, 6.45) is -0.601. The first-order valence-electron chi connectivity index (χ1n) is 5.83. The number of benzene rings is 1. The Balaban J connectivity index is 2.28. The molecule has 0 radical (unpaired) electrons. The third-order valence-electron chi connectivity index (χ3n) is 3.33. The summed E-state index contributed by atoms with van der Waals surface area (Å²) in [6, 6.07) is 6.25. The minimum Gasteiger partial charge on any atom is -0.406 e. The summed E-state index contributed by atoms with van der Waals surface area (Å²) < 4.78 is 40.5. The summed E-state index contributed by atoms with van der Waals surface area (Å²) >= 11 is 0. The maximum Gasteiger partial charge on any atom is 0.573 e. The number of halogens is 3. The Labute approximate surface area is 104 Å². The highest BCUT2D eigenvalue weighted by Gasteiger charge is 2.33. The van der Waals surface area contributed by atoms with Crippen LogP contribution < -0.4 is 4.74 Å². The lowest BCUT2D eigenvalue weighted by Crippen LogP contribution is -2.19. The summed E-state index contributed by atoms with van der Waals surface area (Å²) in [6.45, 7) is 4.08. The van der Waals surface area contributed by atoms with Gasteiger partial charge in [0, 0.05) is 5.41 Å². The molecular formula is C14H15F3O. The Morgan fingerprint density at radius 3 is 2.56 bits per heavy atom. The third kappa shape index (κ3) is 2.86. The van der Waals surface area contributed by atoms with Crippen molar-refractivity contribution in [1.82, 2.24) is 0 Å². The molecule has 0 heterocycles. The fourth-order valence-corrected chi connectivity index (χ4v) is 2.42. The van der Waals surface area contributed by atoms with Crippen molar-refractivity contribution in [3.63, 3.8) is 0 Å². The zero-order chi connectivity index (χ0) is 13.4. The van der Waals surface area contributed by atoms with E-state index in [9.17, 15) is 13.2 Å². The van der Waals surface area contributed by atoms with Crippen molar-refractivity contribution in [1.29, 1.82) is 0 Å². The van der Waals surface area contributed by atoms with Crippen molar-refractivity contribution < 1.29 is 17.9 Å². The van der Waals surface area contributed by atoms with E-state index >= 15 is 0 Å². The van der Waals surface area contributed by atoms with E-state index < -0.39 is 6.36 Å². The Morgan fingerprint density at radius 1 is 1.28 bits per heavy atom. The van der Waals surface area contributed by atoms with Crippen LogP contribution in [0, 0.1) is 0 Å². The van der Waals surface area contributed by atoms with Crippen molar-refractivity contribution in [3.05, 3.63) is 41.5 Å². The van der Waals surface area contributed by atoms with E-state index in [0.29, 0.717) is 0 Å². The van der Waals surface area contributed by atoms with E-state index in [2.05, 4.69) is 10.8 Å². The minimum absolute atomic E-state index is 0.154. The lowest BCUT2D eigenvalue weighted by molar-refractivity contribution is -0.274. The predicted octanol–water partition coefficient (Wildman–Crippen LogP) is 4.58. The van der Waals surface area contributed by atoms with E-state index in [1.807, 2.05) is 19.9 Å². The van der Waals surface area contributed by atoms with Crippen molar-refractivity contribution in [2.24, 2.45) is 0 Å². The van der Waals surface area contributed by atoms with E-state index in [4.69, 9.17) is 0 Å². The summed E-state index contributed by atoms with van der Waals surface area (Å²) in [4.78, 5) is 0. The van der Waals surface area contributed by atoms with Crippen LogP contribution in [0.15, 0.2) is 35.9 Å². The highest BCUT2D eigenvalue weighted by Crippen LogP contribution is 2.40. The summed E-state index contributed by atoms with van der Waals surface area (Å²) in [7, 11) is 0. The Morgan fingerprint density at radius 2 is 2.00 bits per heavy atom. The molecule has 0 N–H and O–H groups in total. The lowest BCUT2D eigenvalue weighted by atomic mass is 9.82. The van der Waals surface area contributed by atoms with Crippen LogP contribution in [-0.4, -0.2) is 6.36 Å². The van der Waals surface area contributed by atoms with E-state index in [1.54, 1.807) is 6.07 Å². The van der Waals surface area contributed by atoms with Crippen LogP contribution in [0.5, 0.6) is 5.75 Å². The molecule has 0 saturated heterocycles. The molecule has 1 aromatic rings. The van der Waals surface area contributed by atoms with Crippen molar-refractivity contribution in [3.8, 4) is 5.75 Å². The molecule has 0 fully saturated rings. The molecule has 0 unspecified atom stereocenters. The molecule has 0 amide bonds. The van der Waals surface area contributed by atoms with Gasteiger partial charge < -0.3 is 4.74 Å². The lowest BCUT2D eigenvalue weighted by Gasteiger charge is -2.23. The molecule has 2 rings (SSSR count). The molecule has 1 atom stereocenters. The first-order valence-corrected chi connectivity index (χ1v) is 5.83. The molecule has 0 bridgehead atoms. The van der Waals surface area contributed by atoms with Gasteiger partial charge in [0.1, 0.15) is 5.75 Å². The molecule has 1 aromatic carbocycles. The zero-order valence-electron chi connectivity index (χ0n) is 10.3. The van der Waals surface area contributed by atoms with E-state index in [0.717, 1.165) is 18.4 Å². The van der Waals surface area contributed by atoms with Crippen molar-refractivity contribution in [2.45, 2.75) is 38.5 Å². The summed E-state index contributed by atoms with van der Waals surface area (Å²) in [5, 5.41) is 0. The van der Waals surface area contributed by atoms with Crippen LogP contribution >= 0.6 is 0 Å². The van der Waals surface area contributed by atoms with Crippen LogP contribution in [-0.2, 0) is 5.41 Å². The van der Waals surface area contributed by atoms with Crippen LogP contribution in [0.2, 0.25) is 0 Å². The van der Waals surface area contributed by atoms with Gasteiger partial charge in [-0.3, -0.25) is 0 Å². The maximum atomic E-state index is 12.2. The second-order valence-electron chi connectivity index (χ2n) is 4.98. The standard InChI is InChI=1S/C14H15F3O/c1-10-6-7-13(2,9-10)11-4-3-5-12(8-11)18-14(15,16)17/h3-5,8-9H,6-7H2,1-2H3/t13-/m1/s1. The molecule has 98 valence electrons. The molecule has 18 heavy (non-hydrogen) atoms. The van der Waals surface area contributed by atoms with Gasteiger partial charge >= 0.3 is 6.36 Å². The molecule has 0 aliphatic heterocycles. The van der Waals surface area contributed by atoms with Gasteiger partial charge in [0.25, 0.3) is 0 Å². The van der Waals surface area contributed by atoms with Gasteiger partial charge in [0.15, 0.2) is 0 Å². The van der Waals surface area contributed by atoms with Gasteiger partial charge in [-0.2, -0.15) is 0 Å². The van der Waals surface area contributed by atoms with Crippen LogP contribution in [0.1, 0.15) is 32.3 Å². The number of allylic oxidation sites excluding steroid dienone is 2. The number of hydrogen-bond donors (Lipinski definition) is 0. The van der Waals surface area contributed by atoms with E-state index in [-0.39, 0.29) is 11.2 Å². The maximum absolute atomic E-state index is 12.2. The number of hydrogen-bond acceptors (Lipinski definition) is 1. The highest BCUT2D eigenvalue weighted by atomic mass is 19.4. The Hall–Kier alpha value is -1.45. The first kappa shape index (κ1) is 13.0. The van der Waals surface area contributed by atoms with Gasteiger partial charge in [0.2, 0.25) is 0 Å². The number of alkyl halides is 3. The van der Waals surface area contributed by atoms with Gasteiger partial charge in [-0.05, 0) is 37.5 Å². The highest BCUT2D eigenvalue weighted by molar-refractivity contribution is 5.39. The third-order valence-corrected chi connectivity index (χ3v) is 3.33. The van der Waals surface area contributed by atoms with Crippen LogP contribution in [0.4, 0.5) is 13.2 Å². The van der Waals surface area contributed by atoms with Crippen LogP contribution in [0.3, 0.4) is 0 Å². The Bertz CT molecular complexity index is 476. The SMILES string of the molecule is CC1=C[C@](C)(c2cccc(OC(F)(F)F)c2)CC1. The van der Waals surface area contributed by atoms with Gasteiger partial charge in [-0.25, -0.2) is 0 Å². The topological polar surface area (TPSA) is 9.23 Å². The molecule has 0 aromatic heterocycles.